The van der Waals surface area contributed by atoms with Crippen molar-refractivity contribution in [2.24, 2.45) is 5.92 Å². The molecule has 0 aromatic heterocycles. The average Bonchev–Trinajstić information content (AvgIpc) is 2.22. The van der Waals surface area contributed by atoms with Gasteiger partial charge < -0.3 is 5.11 Å². The Balaban J connectivity index is 3.28. The second kappa shape index (κ2) is 10.5. The van der Waals surface area contributed by atoms with Gasteiger partial charge in [0.1, 0.15) is 0 Å². The van der Waals surface area contributed by atoms with Crippen LogP contribution in [0.5, 0.6) is 0 Å². The molecule has 0 aromatic carbocycles. The Morgan fingerprint density at radius 3 is 2.13 bits per heavy atom. The standard InChI is InChI=1S/C14H30O/c1-4-6-7-8-10-13(3)11-12-14(15)9-5-2/h13-15H,4-12H2,1-3H3. The zero-order valence-electron chi connectivity index (χ0n) is 11.0. The molecule has 0 aromatic rings. The average molecular weight is 214 g/mol. The van der Waals surface area contributed by atoms with Crippen LogP contribution < -0.4 is 0 Å². The minimum atomic E-state index is -0.0481. The van der Waals surface area contributed by atoms with Gasteiger partial charge in [-0.15, -0.1) is 0 Å². The molecule has 0 aliphatic heterocycles. The molecular formula is C14H30O. The fourth-order valence-electron chi connectivity index (χ4n) is 2.02. The number of hydrogen-bond acceptors (Lipinski definition) is 1. The zero-order chi connectivity index (χ0) is 11.5. The molecule has 0 aliphatic carbocycles. The van der Waals surface area contributed by atoms with Crippen molar-refractivity contribution in [2.45, 2.75) is 84.7 Å². The van der Waals surface area contributed by atoms with E-state index in [0.717, 1.165) is 25.2 Å². The monoisotopic (exact) mass is 214 g/mol. The summed E-state index contributed by atoms with van der Waals surface area (Å²) in [5, 5.41) is 9.61. The molecule has 15 heavy (non-hydrogen) atoms. The Kier molecular flexibility index (Phi) is 10.4. The van der Waals surface area contributed by atoms with Gasteiger partial charge in [0.2, 0.25) is 0 Å². The van der Waals surface area contributed by atoms with Crippen LogP contribution in [0, 0.1) is 5.92 Å². The van der Waals surface area contributed by atoms with Crippen LogP contribution in [0.4, 0.5) is 0 Å². The van der Waals surface area contributed by atoms with Crippen molar-refractivity contribution in [1.82, 2.24) is 0 Å². The summed E-state index contributed by atoms with van der Waals surface area (Å²) in [6.07, 6.45) is 11.0. The zero-order valence-corrected chi connectivity index (χ0v) is 11.0. The summed E-state index contributed by atoms with van der Waals surface area (Å²) in [6.45, 7) is 6.71. The van der Waals surface area contributed by atoms with Gasteiger partial charge in [-0.2, -0.15) is 0 Å². The first-order valence-corrected chi connectivity index (χ1v) is 6.88. The molecule has 0 radical (unpaired) electrons. The summed E-state index contributed by atoms with van der Waals surface area (Å²) in [5.41, 5.74) is 0. The molecule has 0 rings (SSSR count). The van der Waals surface area contributed by atoms with Gasteiger partial charge >= 0.3 is 0 Å². The normalized spacial score (nSPS) is 15.2. The van der Waals surface area contributed by atoms with E-state index in [-0.39, 0.29) is 6.10 Å². The highest BCUT2D eigenvalue weighted by Crippen LogP contribution is 2.17. The minimum absolute atomic E-state index is 0.0481. The van der Waals surface area contributed by atoms with Gasteiger partial charge in [-0.1, -0.05) is 59.3 Å². The molecule has 0 amide bonds. The molecule has 2 atom stereocenters. The van der Waals surface area contributed by atoms with Crippen molar-refractivity contribution in [3.63, 3.8) is 0 Å². The van der Waals surface area contributed by atoms with Crippen LogP contribution in [-0.4, -0.2) is 11.2 Å². The number of unbranched alkanes of at least 4 members (excludes halogenated alkanes) is 3. The predicted molar refractivity (Wildman–Crippen MR) is 68.1 cm³/mol. The molecule has 0 aliphatic rings. The minimum Gasteiger partial charge on any atom is -0.393 e. The molecule has 1 heteroatoms. The van der Waals surface area contributed by atoms with Crippen LogP contribution in [0.2, 0.25) is 0 Å². The second-order valence-electron chi connectivity index (χ2n) is 4.97. The van der Waals surface area contributed by atoms with Crippen LogP contribution >= 0.6 is 0 Å². The Morgan fingerprint density at radius 1 is 0.800 bits per heavy atom. The maximum Gasteiger partial charge on any atom is 0.0540 e. The maximum atomic E-state index is 9.61. The van der Waals surface area contributed by atoms with E-state index in [2.05, 4.69) is 20.8 Å². The Bertz CT molecular complexity index is 123. The van der Waals surface area contributed by atoms with Crippen molar-refractivity contribution in [2.75, 3.05) is 0 Å². The lowest BCUT2D eigenvalue weighted by Gasteiger charge is -2.14. The van der Waals surface area contributed by atoms with Gasteiger partial charge in [-0.3, -0.25) is 0 Å². The Hall–Kier alpha value is -0.0400. The smallest absolute Gasteiger partial charge is 0.0540 e. The van der Waals surface area contributed by atoms with Gasteiger partial charge in [-0.05, 0) is 25.2 Å². The van der Waals surface area contributed by atoms with Crippen molar-refractivity contribution >= 4 is 0 Å². The van der Waals surface area contributed by atoms with Crippen LogP contribution in [0.3, 0.4) is 0 Å². The Morgan fingerprint density at radius 2 is 1.53 bits per heavy atom. The molecule has 0 fully saturated rings. The highest BCUT2D eigenvalue weighted by atomic mass is 16.3. The van der Waals surface area contributed by atoms with Crippen LogP contribution in [-0.2, 0) is 0 Å². The fraction of sp³-hybridized carbons (Fsp3) is 1.00. The van der Waals surface area contributed by atoms with E-state index in [1.807, 2.05) is 0 Å². The van der Waals surface area contributed by atoms with Gasteiger partial charge in [0.15, 0.2) is 0 Å². The first-order chi connectivity index (χ1) is 7.20. The SMILES string of the molecule is CCCCCCC(C)CCC(O)CCC. The molecule has 0 saturated heterocycles. The summed E-state index contributed by atoms with van der Waals surface area (Å²) in [5.74, 6) is 0.799. The maximum absolute atomic E-state index is 9.61. The predicted octanol–water partition coefficient (Wildman–Crippen LogP) is 4.53. The third-order valence-corrected chi connectivity index (χ3v) is 3.17. The summed E-state index contributed by atoms with van der Waals surface area (Å²) in [4.78, 5) is 0. The second-order valence-corrected chi connectivity index (χ2v) is 4.97. The summed E-state index contributed by atoms with van der Waals surface area (Å²) >= 11 is 0. The molecular weight excluding hydrogens is 184 g/mol. The van der Waals surface area contributed by atoms with E-state index in [9.17, 15) is 5.11 Å². The number of aliphatic hydroxyl groups excluding tert-OH is 1. The highest BCUT2D eigenvalue weighted by Gasteiger charge is 2.06. The van der Waals surface area contributed by atoms with Crippen LogP contribution in [0.15, 0.2) is 0 Å². The lowest BCUT2D eigenvalue weighted by Crippen LogP contribution is -2.08. The fourth-order valence-corrected chi connectivity index (χ4v) is 2.02. The highest BCUT2D eigenvalue weighted by molar-refractivity contribution is 4.60. The van der Waals surface area contributed by atoms with E-state index in [0.29, 0.717) is 0 Å². The van der Waals surface area contributed by atoms with Crippen molar-refractivity contribution in [1.29, 1.82) is 0 Å². The molecule has 2 unspecified atom stereocenters. The molecule has 92 valence electrons. The number of hydrogen-bond donors (Lipinski definition) is 1. The van der Waals surface area contributed by atoms with E-state index >= 15 is 0 Å². The van der Waals surface area contributed by atoms with Crippen molar-refractivity contribution < 1.29 is 5.11 Å². The molecule has 0 saturated carbocycles. The molecule has 1 nitrogen and oxygen atoms in total. The summed E-state index contributed by atoms with van der Waals surface area (Å²) in [7, 11) is 0. The van der Waals surface area contributed by atoms with Gasteiger partial charge in [0.25, 0.3) is 0 Å². The van der Waals surface area contributed by atoms with E-state index < -0.39 is 0 Å². The van der Waals surface area contributed by atoms with Crippen molar-refractivity contribution in [3.8, 4) is 0 Å². The molecule has 0 spiro atoms. The largest absolute Gasteiger partial charge is 0.393 e. The van der Waals surface area contributed by atoms with Crippen LogP contribution in [0.25, 0.3) is 0 Å². The van der Waals surface area contributed by atoms with Gasteiger partial charge in [0, 0.05) is 0 Å². The van der Waals surface area contributed by atoms with E-state index in [1.54, 1.807) is 0 Å². The van der Waals surface area contributed by atoms with Gasteiger partial charge in [-0.25, -0.2) is 0 Å². The number of aliphatic hydroxyl groups is 1. The topological polar surface area (TPSA) is 20.2 Å². The van der Waals surface area contributed by atoms with Crippen molar-refractivity contribution in [3.05, 3.63) is 0 Å². The number of rotatable bonds is 10. The quantitative estimate of drug-likeness (QED) is 0.530. The first kappa shape index (κ1) is 15.0. The molecule has 0 bridgehead atoms. The lowest BCUT2D eigenvalue weighted by molar-refractivity contribution is 0.144. The Labute approximate surface area is 96.3 Å². The summed E-state index contributed by atoms with van der Waals surface area (Å²) in [6, 6.07) is 0. The molecule has 1 N–H and O–H groups in total. The molecule has 0 heterocycles. The van der Waals surface area contributed by atoms with Crippen LogP contribution in [0.1, 0.15) is 78.6 Å². The first-order valence-electron chi connectivity index (χ1n) is 6.88. The summed E-state index contributed by atoms with van der Waals surface area (Å²) < 4.78 is 0. The van der Waals surface area contributed by atoms with E-state index in [1.165, 1.54) is 38.5 Å². The lowest BCUT2D eigenvalue weighted by atomic mass is 9.95. The third kappa shape index (κ3) is 10.2. The third-order valence-electron chi connectivity index (χ3n) is 3.17. The van der Waals surface area contributed by atoms with Gasteiger partial charge in [0.05, 0.1) is 6.10 Å². The van der Waals surface area contributed by atoms with E-state index in [4.69, 9.17) is 0 Å².